The van der Waals surface area contributed by atoms with Gasteiger partial charge in [-0.1, -0.05) is 20.8 Å². The Labute approximate surface area is 119 Å². The van der Waals surface area contributed by atoms with Crippen molar-refractivity contribution in [1.29, 1.82) is 0 Å². The van der Waals surface area contributed by atoms with Crippen molar-refractivity contribution < 1.29 is 14.3 Å². The van der Waals surface area contributed by atoms with E-state index in [1.54, 1.807) is 24.3 Å². The maximum atomic E-state index is 11.6. The summed E-state index contributed by atoms with van der Waals surface area (Å²) in [4.78, 5) is 23.1. The molecule has 0 saturated heterocycles. The summed E-state index contributed by atoms with van der Waals surface area (Å²) in [5.74, 6) is 0.122. The molecule has 0 aliphatic carbocycles. The molecule has 110 valence electrons. The summed E-state index contributed by atoms with van der Waals surface area (Å²) in [6.45, 7) is 6.39. The normalized spacial score (nSPS) is 11.6. The van der Waals surface area contributed by atoms with E-state index in [-0.39, 0.29) is 17.9 Å². The van der Waals surface area contributed by atoms with Gasteiger partial charge in [-0.25, -0.2) is 4.79 Å². The molecule has 0 spiro atoms. The molecule has 2 amide bonds. The second-order valence-corrected chi connectivity index (χ2v) is 4.64. The molecule has 0 aromatic heterocycles. The first-order valence-corrected chi connectivity index (χ1v) is 6.93. The summed E-state index contributed by atoms with van der Waals surface area (Å²) in [6.07, 6.45) is 1.63. The zero-order chi connectivity index (χ0) is 15.0. The van der Waals surface area contributed by atoms with Crippen molar-refractivity contribution in [3.63, 3.8) is 0 Å². The van der Waals surface area contributed by atoms with Crippen LogP contribution in [0.5, 0.6) is 5.75 Å². The lowest BCUT2D eigenvalue weighted by Crippen LogP contribution is -2.29. The van der Waals surface area contributed by atoms with E-state index in [4.69, 9.17) is 4.74 Å². The molecule has 20 heavy (non-hydrogen) atoms. The molecule has 0 fully saturated rings. The molecule has 0 saturated carbocycles. The third-order valence-electron chi connectivity index (χ3n) is 2.88. The smallest absolute Gasteiger partial charge is 0.319 e. The highest BCUT2D eigenvalue weighted by molar-refractivity contribution is 5.89. The van der Waals surface area contributed by atoms with E-state index in [0.717, 1.165) is 12.8 Å². The Morgan fingerprint density at radius 1 is 1.20 bits per heavy atom. The molecule has 0 aliphatic rings. The van der Waals surface area contributed by atoms with Gasteiger partial charge in [0.05, 0.1) is 5.92 Å². The van der Waals surface area contributed by atoms with Crippen molar-refractivity contribution in [2.45, 2.75) is 33.6 Å². The first-order valence-electron chi connectivity index (χ1n) is 6.93. The minimum Gasteiger partial charge on any atom is -0.426 e. The maximum Gasteiger partial charge on any atom is 0.319 e. The Morgan fingerprint density at radius 3 is 2.40 bits per heavy atom. The van der Waals surface area contributed by atoms with Crippen LogP contribution < -0.4 is 15.4 Å². The summed E-state index contributed by atoms with van der Waals surface area (Å²) in [5.41, 5.74) is 0.655. The van der Waals surface area contributed by atoms with Gasteiger partial charge in [0.1, 0.15) is 5.75 Å². The van der Waals surface area contributed by atoms with Gasteiger partial charge >= 0.3 is 12.0 Å². The van der Waals surface area contributed by atoms with E-state index >= 15 is 0 Å². The summed E-state index contributed by atoms with van der Waals surface area (Å²) in [7, 11) is 0. The predicted molar refractivity (Wildman–Crippen MR) is 78.8 cm³/mol. The fourth-order valence-electron chi connectivity index (χ4n) is 1.40. The van der Waals surface area contributed by atoms with Crippen LogP contribution >= 0.6 is 0 Å². The maximum absolute atomic E-state index is 11.6. The number of carbonyl (C=O) groups is 2. The third kappa shape index (κ3) is 5.30. The number of esters is 1. The Bertz CT molecular complexity index is 443. The number of rotatable bonds is 6. The molecule has 0 aliphatic heterocycles. The Morgan fingerprint density at radius 2 is 1.85 bits per heavy atom. The van der Waals surface area contributed by atoms with E-state index in [0.29, 0.717) is 18.0 Å². The number of benzene rings is 1. The lowest BCUT2D eigenvalue weighted by atomic mass is 10.1. The number of urea groups is 1. The molecule has 1 atom stereocenters. The standard InChI is InChI=1S/C15H22N2O3/c1-4-10-16-15(19)17-12-6-8-13(9-7-12)20-14(18)11(3)5-2/h6-9,11H,4-5,10H2,1-3H3,(H2,16,17,19). The van der Waals surface area contributed by atoms with Crippen molar-refractivity contribution in [2.24, 2.45) is 5.92 Å². The topological polar surface area (TPSA) is 67.4 Å². The monoisotopic (exact) mass is 278 g/mol. The summed E-state index contributed by atoms with van der Waals surface area (Å²) in [6, 6.07) is 6.48. The lowest BCUT2D eigenvalue weighted by Gasteiger charge is -2.10. The molecule has 1 rings (SSSR count). The quantitative estimate of drug-likeness (QED) is 0.620. The molecule has 0 heterocycles. The van der Waals surface area contributed by atoms with Crippen LogP contribution in [0.2, 0.25) is 0 Å². The molecule has 5 heteroatoms. The van der Waals surface area contributed by atoms with Crippen LogP contribution in [0.25, 0.3) is 0 Å². The minimum absolute atomic E-state index is 0.118. The molecule has 2 N–H and O–H groups in total. The molecule has 5 nitrogen and oxygen atoms in total. The van der Waals surface area contributed by atoms with E-state index in [1.807, 2.05) is 20.8 Å². The number of anilines is 1. The Hall–Kier alpha value is -2.04. The van der Waals surface area contributed by atoms with Crippen molar-refractivity contribution in [1.82, 2.24) is 5.32 Å². The first kappa shape index (κ1) is 16.0. The number of ether oxygens (including phenoxy) is 1. The molecule has 1 unspecified atom stereocenters. The minimum atomic E-state index is -0.242. The summed E-state index contributed by atoms with van der Waals surface area (Å²) < 4.78 is 5.22. The van der Waals surface area contributed by atoms with E-state index < -0.39 is 0 Å². The van der Waals surface area contributed by atoms with Crippen molar-refractivity contribution in [2.75, 3.05) is 11.9 Å². The van der Waals surface area contributed by atoms with Gasteiger partial charge in [0.15, 0.2) is 0 Å². The van der Waals surface area contributed by atoms with Crippen LogP contribution in [0.1, 0.15) is 33.6 Å². The van der Waals surface area contributed by atoms with Crippen LogP contribution in [0.15, 0.2) is 24.3 Å². The van der Waals surface area contributed by atoms with Gasteiger partial charge in [-0.2, -0.15) is 0 Å². The molecular formula is C15H22N2O3. The lowest BCUT2D eigenvalue weighted by molar-refractivity contribution is -0.138. The Balaban J connectivity index is 2.52. The number of hydrogen-bond acceptors (Lipinski definition) is 3. The molecular weight excluding hydrogens is 256 g/mol. The average Bonchev–Trinajstić information content (AvgIpc) is 2.46. The van der Waals surface area contributed by atoms with Gasteiger partial charge in [-0.05, 0) is 37.1 Å². The predicted octanol–water partition coefficient (Wildman–Crippen LogP) is 3.17. The van der Waals surface area contributed by atoms with Crippen LogP contribution in [0.4, 0.5) is 10.5 Å². The molecule has 0 radical (unpaired) electrons. The summed E-state index contributed by atoms with van der Waals surface area (Å²) in [5, 5.41) is 5.42. The van der Waals surface area contributed by atoms with Gasteiger partial charge in [0, 0.05) is 12.2 Å². The number of hydrogen-bond donors (Lipinski definition) is 2. The van der Waals surface area contributed by atoms with Gasteiger partial charge < -0.3 is 15.4 Å². The van der Waals surface area contributed by atoms with E-state index in [2.05, 4.69) is 10.6 Å². The van der Waals surface area contributed by atoms with Gasteiger partial charge in [-0.15, -0.1) is 0 Å². The van der Waals surface area contributed by atoms with Crippen LogP contribution in [0, 0.1) is 5.92 Å². The average molecular weight is 278 g/mol. The fourth-order valence-corrected chi connectivity index (χ4v) is 1.40. The highest BCUT2D eigenvalue weighted by Crippen LogP contribution is 2.17. The molecule has 0 bridgehead atoms. The van der Waals surface area contributed by atoms with Gasteiger partial charge in [0.2, 0.25) is 0 Å². The first-order chi connectivity index (χ1) is 9.56. The van der Waals surface area contributed by atoms with E-state index in [9.17, 15) is 9.59 Å². The SMILES string of the molecule is CCCNC(=O)Nc1ccc(OC(=O)C(C)CC)cc1. The van der Waals surface area contributed by atoms with Crippen molar-refractivity contribution >= 4 is 17.7 Å². The number of carbonyl (C=O) groups excluding carboxylic acids is 2. The van der Waals surface area contributed by atoms with Gasteiger partial charge in [0.25, 0.3) is 0 Å². The highest BCUT2D eigenvalue weighted by atomic mass is 16.5. The van der Waals surface area contributed by atoms with E-state index in [1.165, 1.54) is 0 Å². The zero-order valence-electron chi connectivity index (χ0n) is 12.2. The van der Waals surface area contributed by atoms with Crippen molar-refractivity contribution in [3.8, 4) is 5.75 Å². The Kier molecular flexibility index (Phi) is 6.56. The fraction of sp³-hybridized carbons (Fsp3) is 0.467. The molecule has 1 aromatic carbocycles. The second-order valence-electron chi connectivity index (χ2n) is 4.64. The zero-order valence-corrected chi connectivity index (χ0v) is 12.2. The highest BCUT2D eigenvalue weighted by Gasteiger charge is 2.12. The summed E-state index contributed by atoms with van der Waals surface area (Å²) >= 11 is 0. The van der Waals surface area contributed by atoms with Crippen LogP contribution in [-0.4, -0.2) is 18.5 Å². The second kappa shape index (κ2) is 8.19. The van der Waals surface area contributed by atoms with Crippen molar-refractivity contribution in [3.05, 3.63) is 24.3 Å². The number of nitrogens with one attached hydrogen (secondary N) is 2. The van der Waals surface area contributed by atoms with Crippen LogP contribution in [-0.2, 0) is 4.79 Å². The number of amides is 2. The third-order valence-corrected chi connectivity index (χ3v) is 2.88. The largest absolute Gasteiger partial charge is 0.426 e. The van der Waals surface area contributed by atoms with Crippen LogP contribution in [0.3, 0.4) is 0 Å². The van der Waals surface area contributed by atoms with Gasteiger partial charge in [-0.3, -0.25) is 4.79 Å². The molecule has 1 aromatic rings.